The van der Waals surface area contributed by atoms with Gasteiger partial charge < -0.3 is 14.6 Å². The molecule has 1 heterocycles. The predicted molar refractivity (Wildman–Crippen MR) is 58.1 cm³/mol. The van der Waals surface area contributed by atoms with Crippen LogP contribution in [0.1, 0.15) is 26.2 Å². The predicted octanol–water partition coefficient (Wildman–Crippen LogP) is 1.38. The van der Waals surface area contributed by atoms with Crippen LogP contribution in [0, 0.1) is 0 Å². The van der Waals surface area contributed by atoms with Crippen molar-refractivity contribution in [2.75, 3.05) is 13.2 Å². The van der Waals surface area contributed by atoms with Crippen molar-refractivity contribution < 1.29 is 24.2 Å². The maximum absolute atomic E-state index is 10.3. The highest BCUT2D eigenvalue weighted by molar-refractivity contribution is 5.81. The van der Waals surface area contributed by atoms with Gasteiger partial charge in [0, 0.05) is 12.7 Å². The number of carboxylic acids is 1. The van der Waals surface area contributed by atoms with Crippen LogP contribution in [0.4, 0.5) is 0 Å². The highest BCUT2D eigenvalue weighted by Gasteiger charge is 2.07. The number of aliphatic carboxylic acids is 1. The molecule has 1 atom stereocenters. The molecule has 0 radical (unpaired) electrons. The molecule has 1 rings (SSSR count). The van der Waals surface area contributed by atoms with Crippen molar-refractivity contribution in [2.24, 2.45) is 0 Å². The smallest absolute Gasteiger partial charge is 0.330 e. The Kier molecular flexibility index (Phi) is 8.15. The third kappa shape index (κ3) is 9.21. The molecule has 0 spiro atoms. The van der Waals surface area contributed by atoms with Crippen LogP contribution < -0.4 is 0 Å². The lowest BCUT2D eigenvalue weighted by Gasteiger charge is -1.96. The van der Waals surface area contributed by atoms with E-state index in [1.165, 1.54) is 12.8 Å². The first-order valence-electron chi connectivity index (χ1n) is 5.19. The molecule has 1 aliphatic rings. The average molecular weight is 230 g/mol. The molecular weight excluding hydrogens is 212 g/mol. The van der Waals surface area contributed by atoms with Gasteiger partial charge in [-0.1, -0.05) is 6.58 Å². The molecule has 0 aromatic carbocycles. The van der Waals surface area contributed by atoms with Gasteiger partial charge >= 0.3 is 11.9 Å². The SMILES string of the molecule is C=CC(=O)OCCC(=O)O.CC1CCCO1. The molecular formula is C11H18O5. The molecule has 0 aliphatic carbocycles. The molecule has 1 saturated heterocycles. The molecule has 5 nitrogen and oxygen atoms in total. The second-order valence-corrected chi connectivity index (χ2v) is 3.34. The number of hydrogen-bond donors (Lipinski definition) is 1. The first-order valence-corrected chi connectivity index (χ1v) is 5.19. The largest absolute Gasteiger partial charge is 0.481 e. The van der Waals surface area contributed by atoms with Crippen LogP contribution in [0.25, 0.3) is 0 Å². The van der Waals surface area contributed by atoms with Crippen molar-refractivity contribution in [1.29, 1.82) is 0 Å². The highest BCUT2D eigenvalue weighted by Crippen LogP contribution is 2.09. The first-order chi connectivity index (χ1) is 7.56. The van der Waals surface area contributed by atoms with Crippen molar-refractivity contribution in [2.45, 2.75) is 32.3 Å². The van der Waals surface area contributed by atoms with Crippen molar-refractivity contribution >= 4 is 11.9 Å². The Labute approximate surface area is 95.0 Å². The number of carbonyl (C=O) groups is 2. The quantitative estimate of drug-likeness (QED) is 0.583. The third-order valence-corrected chi connectivity index (χ3v) is 1.88. The minimum Gasteiger partial charge on any atom is -0.481 e. The lowest BCUT2D eigenvalue weighted by Crippen LogP contribution is -2.06. The summed E-state index contributed by atoms with van der Waals surface area (Å²) >= 11 is 0. The zero-order valence-electron chi connectivity index (χ0n) is 9.48. The van der Waals surface area contributed by atoms with E-state index >= 15 is 0 Å². The van der Waals surface area contributed by atoms with Crippen molar-refractivity contribution in [1.82, 2.24) is 0 Å². The normalized spacial score (nSPS) is 18.2. The molecule has 16 heavy (non-hydrogen) atoms. The zero-order chi connectivity index (χ0) is 12.4. The van der Waals surface area contributed by atoms with Crippen LogP contribution in [0.2, 0.25) is 0 Å². The summed E-state index contributed by atoms with van der Waals surface area (Å²) in [6, 6.07) is 0. The minimum atomic E-state index is -0.989. The van der Waals surface area contributed by atoms with E-state index in [1.54, 1.807) is 0 Å². The van der Waals surface area contributed by atoms with Gasteiger partial charge in [0.05, 0.1) is 12.5 Å². The molecule has 1 aliphatic heterocycles. The Bertz CT molecular complexity index is 231. The second kappa shape index (κ2) is 8.91. The Morgan fingerprint density at radius 2 is 2.31 bits per heavy atom. The Balaban J connectivity index is 0.000000315. The van der Waals surface area contributed by atoms with Gasteiger partial charge in [-0.15, -0.1) is 0 Å². The van der Waals surface area contributed by atoms with Crippen molar-refractivity contribution in [3.63, 3.8) is 0 Å². The van der Waals surface area contributed by atoms with Crippen LogP contribution in [-0.2, 0) is 19.1 Å². The van der Waals surface area contributed by atoms with Gasteiger partial charge in [0.25, 0.3) is 0 Å². The van der Waals surface area contributed by atoms with Gasteiger partial charge in [-0.25, -0.2) is 4.79 Å². The summed E-state index contributed by atoms with van der Waals surface area (Å²) in [5.41, 5.74) is 0. The number of esters is 1. The minimum absolute atomic E-state index is 0.0970. The van der Waals surface area contributed by atoms with Crippen LogP contribution in [-0.4, -0.2) is 36.4 Å². The van der Waals surface area contributed by atoms with Gasteiger partial charge in [-0.05, 0) is 19.8 Å². The summed E-state index contributed by atoms with van der Waals surface area (Å²) in [4.78, 5) is 20.1. The summed E-state index contributed by atoms with van der Waals surface area (Å²) < 4.78 is 9.52. The zero-order valence-corrected chi connectivity index (χ0v) is 9.48. The summed E-state index contributed by atoms with van der Waals surface area (Å²) in [7, 11) is 0. The summed E-state index contributed by atoms with van der Waals surface area (Å²) in [6.45, 7) is 6.14. The third-order valence-electron chi connectivity index (χ3n) is 1.88. The van der Waals surface area contributed by atoms with Gasteiger partial charge in [0.15, 0.2) is 0 Å². The standard InChI is InChI=1S/C6H8O4.C5H10O/c1-2-6(9)10-4-3-5(7)8;1-5-3-2-4-6-5/h2H,1,3-4H2,(H,7,8);5H,2-4H2,1H3. The Morgan fingerprint density at radius 1 is 1.62 bits per heavy atom. The van der Waals surface area contributed by atoms with E-state index in [4.69, 9.17) is 9.84 Å². The molecule has 5 heteroatoms. The fourth-order valence-corrected chi connectivity index (χ4v) is 1.04. The van der Waals surface area contributed by atoms with Crippen LogP contribution in [0.15, 0.2) is 12.7 Å². The number of hydrogen-bond acceptors (Lipinski definition) is 4. The van der Waals surface area contributed by atoms with Crippen LogP contribution in [0.3, 0.4) is 0 Å². The van der Waals surface area contributed by atoms with Crippen molar-refractivity contribution in [3.05, 3.63) is 12.7 Å². The lowest BCUT2D eigenvalue weighted by atomic mass is 10.3. The van der Waals surface area contributed by atoms with Gasteiger partial charge in [-0.2, -0.15) is 0 Å². The second-order valence-electron chi connectivity index (χ2n) is 3.34. The van der Waals surface area contributed by atoms with E-state index in [1.807, 2.05) is 0 Å². The van der Waals surface area contributed by atoms with Crippen molar-refractivity contribution in [3.8, 4) is 0 Å². The van der Waals surface area contributed by atoms with Crippen LogP contribution in [0.5, 0.6) is 0 Å². The maximum Gasteiger partial charge on any atom is 0.330 e. The Hall–Kier alpha value is -1.36. The number of carbonyl (C=O) groups excluding carboxylic acids is 1. The van der Waals surface area contributed by atoms with Gasteiger partial charge in [0.1, 0.15) is 6.61 Å². The highest BCUT2D eigenvalue weighted by atomic mass is 16.5. The van der Waals surface area contributed by atoms with E-state index in [0.717, 1.165) is 12.7 Å². The van der Waals surface area contributed by atoms with E-state index in [2.05, 4.69) is 18.2 Å². The summed E-state index contributed by atoms with van der Waals surface area (Å²) in [5, 5.41) is 8.08. The average Bonchev–Trinajstić information content (AvgIpc) is 2.69. The van der Waals surface area contributed by atoms with Gasteiger partial charge in [-0.3, -0.25) is 4.79 Å². The maximum atomic E-state index is 10.3. The number of ether oxygens (including phenoxy) is 2. The topological polar surface area (TPSA) is 72.8 Å². The fourth-order valence-electron chi connectivity index (χ4n) is 1.04. The molecule has 0 bridgehead atoms. The number of carboxylic acid groups (broad SMARTS) is 1. The first kappa shape index (κ1) is 14.6. The summed E-state index contributed by atoms with van der Waals surface area (Å²) in [6.07, 6.45) is 3.90. The Morgan fingerprint density at radius 3 is 2.62 bits per heavy atom. The van der Waals surface area contributed by atoms with E-state index in [0.29, 0.717) is 6.10 Å². The van der Waals surface area contributed by atoms with Gasteiger partial charge in [0.2, 0.25) is 0 Å². The van der Waals surface area contributed by atoms with E-state index in [-0.39, 0.29) is 13.0 Å². The van der Waals surface area contributed by atoms with E-state index < -0.39 is 11.9 Å². The molecule has 0 aromatic heterocycles. The van der Waals surface area contributed by atoms with Crippen LogP contribution >= 0.6 is 0 Å². The number of rotatable bonds is 4. The molecule has 0 amide bonds. The molecule has 0 aromatic rings. The molecule has 0 saturated carbocycles. The molecule has 92 valence electrons. The summed E-state index contributed by atoms with van der Waals surface area (Å²) in [5.74, 6) is -1.59. The monoisotopic (exact) mass is 230 g/mol. The molecule has 1 fully saturated rings. The molecule has 1 N–H and O–H groups in total. The molecule has 1 unspecified atom stereocenters. The lowest BCUT2D eigenvalue weighted by molar-refractivity contribution is -0.142. The van der Waals surface area contributed by atoms with E-state index in [9.17, 15) is 9.59 Å². The fraction of sp³-hybridized carbons (Fsp3) is 0.636.